The smallest absolute Gasteiger partial charge is 0.307 e. The summed E-state index contributed by atoms with van der Waals surface area (Å²) in [5.41, 5.74) is 0.678. The molecule has 1 aliphatic rings. The summed E-state index contributed by atoms with van der Waals surface area (Å²) in [6, 6.07) is 4.73. The molecular weight excluding hydrogens is 224 g/mol. The predicted octanol–water partition coefficient (Wildman–Crippen LogP) is 0.987. The number of carbonyl (C=O) groups excluding carboxylic acids is 1. The summed E-state index contributed by atoms with van der Waals surface area (Å²) in [5.74, 6) is -2.59. The van der Waals surface area contributed by atoms with Crippen LogP contribution in [-0.4, -0.2) is 27.8 Å². The second-order valence-electron chi connectivity index (χ2n) is 4.24. The van der Waals surface area contributed by atoms with Crippen LogP contribution in [0.5, 0.6) is 5.75 Å². The van der Waals surface area contributed by atoms with Crippen molar-refractivity contribution in [2.24, 2.45) is 0 Å². The average Bonchev–Trinajstić information content (AvgIpc) is 2.13. The number of ether oxygens (including phenoxy) is 1. The quantitative estimate of drug-likeness (QED) is 0.799. The monoisotopic (exact) mass is 236 g/mol. The second-order valence-corrected chi connectivity index (χ2v) is 4.24. The standard InChI is InChI=1S/C12H12O5/c1-12(16)6-8(13)11-7(5-10(14)15)3-2-4-9(11)17-12/h2-4,16H,5-6H2,1H3,(H,14,15). The Labute approximate surface area is 97.6 Å². The van der Waals surface area contributed by atoms with E-state index in [2.05, 4.69) is 0 Å². The van der Waals surface area contributed by atoms with Crippen LogP contribution in [0, 0.1) is 0 Å². The van der Waals surface area contributed by atoms with Gasteiger partial charge in [-0.05, 0) is 11.6 Å². The molecular formula is C12H12O5. The number of carbonyl (C=O) groups is 2. The maximum absolute atomic E-state index is 11.9. The highest BCUT2D eigenvalue weighted by atomic mass is 16.6. The molecule has 0 amide bonds. The van der Waals surface area contributed by atoms with E-state index in [0.717, 1.165) is 0 Å². The topological polar surface area (TPSA) is 83.8 Å². The van der Waals surface area contributed by atoms with E-state index in [1.807, 2.05) is 0 Å². The van der Waals surface area contributed by atoms with E-state index in [9.17, 15) is 14.7 Å². The Bertz CT molecular complexity index is 490. The van der Waals surface area contributed by atoms with E-state index in [4.69, 9.17) is 9.84 Å². The second kappa shape index (κ2) is 3.85. The van der Waals surface area contributed by atoms with E-state index in [-0.39, 0.29) is 29.9 Å². The Morgan fingerprint density at radius 2 is 2.24 bits per heavy atom. The number of fused-ring (bicyclic) bond motifs is 1. The van der Waals surface area contributed by atoms with Crippen molar-refractivity contribution in [3.8, 4) is 5.75 Å². The molecule has 1 unspecified atom stereocenters. The van der Waals surface area contributed by atoms with Gasteiger partial charge in [-0.2, -0.15) is 0 Å². The lowest BCUT2D eigenvalue weighted by molar-refractivity contribution is -0.136. The van der Waals surface area contributed by atoms with Crippen LogP contribution in [0.25, 0.3) is 0 Å². The molecule has 0 saturated carbocycles. The van der Waals surface area contributed by atoms with Crippen LogP contribution in [0.2, 0.25) is 0 Å². The molecule has 1 aromatic rings. The Balaban J connectivity index is 2.48. The third kappa shape index (κ3) is 2.29. The number of rotatable bonds is 2. The summed E-state index contributed by atoms with van der Waals surface area (Å²) in [6.07, 6.45) is -0.406. The van der Waals surface area contributed by atoms with Gasteiger partial charge in [-0.25, -0.2) is 0 Å². The van der Waals surface area contributed by atoms with Gasteiger partial charge in [0.2, 0.25) is 5.79 Å². The van der Waals surface area contributed by atoms with Gasteiger partial charge in [0.25, 0.3) is 0 Å². The number of aliphatic carboxylic acids is 1. The SMILES string of the molecule is CC1(O)CC(=O)c2c(CC(=O)O)cccc2O1. The van der Waals surface area contributed by atoms with Crippen LogP contribution in [0.3, 0.4) is 0 Å². The number of aliphatic hydroxyl groups is 1. The molecule has 0 saturated heterocycles. The summed E-state index contributed by atoms with van der Waals surface area (Å²) in [6.45, 7) is 1.40. The van der Waals surface area contributed by atoms with Crippen LogP contribution < -0.4 is 4.74 Å². The van der Waals surface area contributed by atoms with Gasteiger partial charge in [-0.3, -0.25) is 9.59 Å². The molecule has 0 aliphatic carbocycles. The molecule has 1 atom stereocenters. The maximum atomic E-state index is 11.9. The Kier molecular flexibility index (Phi) is 2.63. The first kappa shape index (κ1) is 11.6. The molecule has 17 heavy (non-hydrogen) atoms. The Hall–Kier alpha value is -1.88. The van der Waals surface area contributed by atoms with E-state index in [0.29, 0.717) is 5.56 Å². The normalized spacial score (nSPS) is 22.8. The molecule has 0 bridgehead atoms. The minimum absolute atomic E-state index is 0.170. The number of ketones is 1. The Morgan fingerprint density at radius 1 is 1.53 bits per heavy atom. The number of carboxylic acids is 1. The van der Waals surface area contributed by atoms with Crippen molar-refractivity contribution >= 4 is 11.8 Å². The fraction of sp³-hybridized carbons (Fsp3) is 0.333. The molecule has 1 aromatic carbocycles. The Morgan fingerprint density at radius 3 is 2.88 bits per heavy atom. The molecule has 2 rings (SSSR count). The summed E-state index contributed by atoms with van der Waals surface area (Å²) in [7, 11) is 0. The van der Waals surface area contributed by atoms with E-state index < -0.39 is 11.8 Å². The van der Waals surface area contributed by atoms with E-state index >= 15 is 0 Å². The minimum atomic E-state index is -1.52. The molecule has 0 spiro atoms. The van der Waals surface area contributed by atoms with Crippen molar-refractivity contribution in [2.75, 3.05) is 0 Å². The maximum Gasteiger partial charge on any atom is 0.307 e. The lowest BCUT2D eigenvalue weighted by Gasteiger charge is -2.30. The highest BCUT2D eigenvalue weighted by molar-refractivity contribution is 6.02. The number of Topliss-reactive ketones (excluding diaryl/α,β-unsaturated/α-hetero) is 1. The number of carboxylic acid groups (broad SMARTS) is 1. The lowest BCUT2D eigenvalue weighted by Crippen LogP contribution is -2.39. The zero-order valence-corrected chi connectivity index (χ0v) is 9.27. The fourth-order valence-electron chi connectivity index (χ4n) is 1.95. The van der Waals surface area contributed by atoms with Crippen LogP contribution in [-0.2, 0) is 11.2 Å². The molecule has 1 aliphatic heterocycles. The van der Waals surface area contributed by atoms with Crippen molar-refractivity contribution in [3.05, 3.63) is 29.3 Å². The van der Waals surface area contributed by atoms with Gasteiger partial charge in [0.1, 0.15) is 5.75 Å². The van der Waals surface area contributed by atoms with Gasteiger partial charge in [0, 0.05) is 6.92 Å². The number of benzene rings is 1. The van der Waals surface area contributed by atoms with Crippen LogP contribution in [0.1, 0.15) is 29.3 Å². The molecule has 0 fully saturated rings. The largest absolute Gasteiger partial charge is 0.481 e. The summed E-state index contributed by atoms with van der Waals surface area (Å²) in [4.78, 5) is 22.6. The van der Waals surface area contributed by atoms with Crippen LogP contribution in [0.4, 0.5) is 0 Å². The summed E-state index contributed by atoms with van der Waals surface area (Å²) >= 11 is 0. The molecule has 5 heteroatoms. The fourth-order valence-corrected chi connectivity index (χ4v) is 1.95. The lowest BCUT2D eigenvalue weighted by atomic mass is 9.93. The highest BCUT2D eigenvalue weighted by Gasteiger charge is 2.35. The molecule has 1 heterocycles. The predicted molar refractivity (Wildman–Crippen MR) is 58.0 cm³/mol. The molecule has 0 radical (unpaired) electrons. The van der Waals surface area contributed by atoms with Gasteiger partial charge >= 0.3 is 5.97 Å². The van der Waals surface area contributed by atoms with Crippen LogP contribution >= 0.6 is 0 Å². The van der Waals surface area contributed by atoms with Crippen molar-refractivity contribution in [1.82, 2.24) is 0 Å². The zero-order chi connectivity index (χ0) is 12.6. The first-order valence-electron chi connectivity index (χ1n) is 5.17. The van der Waals surface area contributed by atoms with Crippen molar-refractivity contribution < 1.29 is 24.5 Å². The first-order chi connectivity index (χ1) is 7.89. The van der Waals surface area contributed by atoms with Crippen LogP contribution in [0.15, 0.2) is 18.2 Å². The van der Waals surface area contributed by atoms with Gasteiger partial charge in [0.15, 0.2) is 5.78 Å². The third-order valence-corrected chi connectivity index (χ3v) is 2.55. The molecule has 0 aromatic heterocycles. The van der Waals surface area contributed by atoms with Gasteiger partial charge in [0.05, 0.1) is 18.4 Å². The van der Waals surface area contributed by atoms with Gasteiger partial charge < -0.3 is 14.9 Å². The minimum Gasteiger partial charge on any atom is -0.481 e. The molecule has 5 nitrogen and oxygen atoms in total. The van der Waals surface area contributed by atoms with E-state index in [1.165, 1.54) is 6.92 Å². The summed E-state index contributed by atoms with van der Waals surface area (Å²) < 4.78 is 5.25. The van der Waals surface area contributed by atoms with Crippen molar-refractivity contribution in [1.29, 1.82) is 0 Å². The van der Waals surface area contributed by atoms with Crippen molar-refractivity contribution in [3.63, 3.8) is 0 Å². The van der Waals surface area contributed by atoms with E-state index in [1.54, 1.807) is 18.2 Å². The molecule has 2 N–H and O–H groups in total. The zero-order valence-electron chi connectivity index (χ0n) is 9.27. The highest BCUT2D eigenvalue weighted by Crippen LogP contribution is 2.34. The van der Waals surface area contributed by atoms with Gasteiger partial charge in [-0.1, -0.05) is 12.1 Å². The number of hydrogen-bond donors (Lipinski definition) is 2. The first-order valence-corrected chi connectivity index (χ1v) is 5.17. The average molecular weight is 236 g/mol. The van der Waals surface area contributed by atoms with Crippen molar-refractivity contribution in [2.45, 2.75) is 25.6 Å². The summed E-state index contributed by atoms with van der Waals surface area (Å²) in [5, 5.41) is 18.5. The van der Waals surface area contributed by atoms with Gasteiger partial charge in [-0.15, -0.1) is 0 Å². The third-order valence-electron chi connectivity index (χ3n) is 2.55. The molecule has 90 valence electrons. The number of hydrogen-bond acceptors (Lipinski definition) is 4.